The maximum Gasteiger partial charge on any atom is 0.222 e. The summed E-state index contributed by atoms with van der Waals surface area (Å²) in [5, 5.41) is 9.32. The van der Waals surface area contributed by atoms with Crippen molar-refractivity contribution < 1.29 is 14.7 Å². The summed E-state index contributed by atoms with van der Waals surface area (Å²) in [5.74, 6) is 0.514. The lowest BCUT2D eigenvalue weighted by molar-refractivity contribution is -0.135. The van der Waals surface area contributed by atoms with Crippen molar-refractivity contribution in [2.75, 3.05) is 13.1 Å². The van der Waals surface area contributed by atoms with Crippen LogP contribution in [-0.4, -0.2) is 34.8 Å². The first-order valence-electron chi connectivity index (χ1n) is 9.24. The highest BCUT2D eigenvalue weighted by Crippen LogP contribution is 2.20. The SMILES string of the molecule is O=C(Cc1ccccc1)[C@H]1CCCN(C(=O)CCc2ccc(O)cc2)C1. The number of aryl methyl sites for hydroxylation is 1. The van der Waals surface area contributed by atoms with Crippen molar-refractivity contribution in [2.24, 2.45) is 5.92 Å². The van der Waals surface area contributed by atoms with E-state index in [2.05, 4.69) is 0 Å². The van der Waals surface area contributed by atoms with Gasteiger partial charge in [0.05, 0.1) is 0 Å². The topological polar surface area (TPSA) is 57.6 Å². The molecule has 4 heteroatoms. The molecule has 1 saturated heterocycles. The molecule has 1 heterocycles. The summed E-state index contributed by atoms with van der Waals surface area (Å²) in [7, 11) is 0. The van der Waals surface area contributed by atoms with Crippen LogP contribution in [0.5, 0.6) is 5.75 Å². The van der Waals surface area contributed by atoms with Gasteiger partial charge in [-0.25, -0.2) is 0 Å². The van der Waals surface area contributed by atoms with E-state index in [1.807, 2.05) is 47.4 Å². The predicted molar refractivity (Wildman–Crippen MR) is 101 cm³/mol. The van der Waals surface area contributed by atoms with Crippen molar-refractivity contribution in [1.82, 2.24) is 4.90 Å². The fourth-order valence-electron chi connectivity index (χ4n) is 3.48. The summed E-state index contributed by atoms with van der Waals surface area (Å²) in [5.41, 5.74) is 2.07. The molecule has 2 aromatic rings. The molecule has 4 nitrogen and oxygen atoms in total. The van der Waals surface area contributed by atoms with Crippen LogP contribution >= 0.6 is 0 Å². The Balaban J connectivity index is 1.51. The lowest BCUT2D eigenvalue weighted by atomic mass is 9.90. The fourth-order valence-corrected chi connectivity index (χ4v) is 3.48. The van der Waals surface area contributed by atoms with Crippen molar-refractivity contribution in [2.45, 2.75) is 32.1 Å². The minimum Gasteiger partial charge on any atom is -0.508 e. The number of carbonyl (C=O) groups excluding carboxylic acids is 2. The van der Waals surface area contributed by atoms with Gasteiger partial charge in [-0.2, -0.15) is 0 Å². The number of aromatic hydroxyl groups is 1. The second kappa shape index (κ2) is 8.65. The molecule has 26 heavy (non-hydrogen) atoms. The molecular formula is C22H25NO3. The Morgan fingerprint density at radius 2 is 1.73 bits per heavy atom. The van der Waals surface area contributed by atoms with E-state index in [-0.39, 0.29) is 23.4 Å². The largest absolute Gasteiger partial charge is 0.508 e. The van der Waals surface area contributed by atoms with Gasteiger partial charge >= 0.3 is 0 Å². The van der Waals surface area contributed by atoms with Crippen LogP contribution in [0.1, 0.15) is 30.4 Å². The zero-order valence-electron chi connectivity index (χ0n) is 14.9. The molecule has 1 aliphatic heterocycles. The highest BCUT2D eigenvalue weighted by atomic mass is 16.3. The first-order chi connectivity index (χ1) is 12.6. The molecular weight excluding hydrogens is 326 g/mol. The summed E-state index contributed by atoms with van der Waals surface area (Å²) in [6.07, 6.45) is 3.28. The normalized spacial score (nSPS) is 17.1. The summed E-state index contributed by atoms with van der Waals surface area (Å²) in [6.45, 7) is 1.28. The van der Waals surface area contributed by atoms with Gasteiger partial charge < -0.3 is 10.0 Å². The van der Waals surface area contributed by atoms with Gasteiger partial charge in [-0.1, -0.05) is 42.5 Å². The van der Waals surface area contributed by atoms with E-state index in [9.17, 15) is 14.7 Å². The molecule has 1 amide bonds. The third-order valence-electron chi connectivity index (χ3n) is 5.01. The highest BCUT2D eigenvalue weighted by molar-refractivity contribution is 5.84. The molecule has 0 saturated carbocycles. The second-order valence-corrected chi connectivity index (χ2v) is 6.97. The van der Waals surface area contributed by atoms with Crippen molar-refractivity contribution in [1.29, 1.82) is 0 Å². The molecule has 0 bridgehead atoms. The molecule has 0 unspecified atom stereocenters. The number of hydrogen-bond donors (Lipinski definition) is 1. The van der Waals surface area contributed by atoms with Gasteiger partial charge in [0.2, 0.25) is 5.91 Å². The zero-order chi connectivity index (χ0) is 18.4. The van der Waals surface area contributed by atoms with Gasteiger partial charge in [-0.05, 0) is 42.5 Å². The summed E-state index contributed by atoms with van der Waals surface area (Å²) < 4.78 is 0. The Labute approximate surface area is 154 Å². The summed E-state index contributed by atoms with van der Waals surface area (Å²) in [6, 6.07) is 16.7. The number of Topliss-reactive ketones (excluding diaryl/α,β-unsaturated/α-hetero) is 1. The molecule has 0 spiro atoms. The lowest BCUT2D eigenvalue weighted by Gasteiger charge is -2.32. The quantitative estimate of drug-likeness (QED) is 0.868. The molecule has 1 atom stereocenters. The summed E-state index contributed by atoms with van der Waals surface area (Å²) >= 11 is 0. The van der Waals surface area contributed by atoms with Gasteiger partial charge in [0.1, 0.15) is 11.5 Å². The molecule has 1 fully saturated rings. The molecule has 1 aliphatic rings. The first kappa shape index (κ1) is 18.2. The Morgan fingerprint density at radius 1 is 1.00 bits per heavy atom. The highest BCUT2D eigenvalue weighted by Gasteiger charge is 2.27. The van der Waals surface area contributed by atoms with E-state index in [1.54, 1.807) is 12.1 Å². The van der Waals surface area contributed by atoms with Crippen LogP contribution in [0.15, 0.2) is 54.6 Å². The van der Waals surface area contributed by atoms with E-state index in [4.69, 9.17) is 0 Å². The Bertz CT molecular complexity index is 740. The molecule has 136 valence electrons. The Kier molecular flexibility index (Phi) is 6.05. The number of phenols is 1. The van der Waals surface area contributed by atoms with Gasteiger partial charge in [0.25, 0.3) is 0 Å². The van der Waals surface area contributed by atoms with Crippen LogP contribution < -0.4 is 0 Å². The van der Waals surface area contributed by atoms with Crippen LogP contribution in [0.25, 0.3) is 0 Å². The number of rotatable bonds is 6. The van der Waals surface area contributed by atoms with E-state index < -0.39 is 0 Å². The van der Waals surface area contributed by atoms with Gasteiger partial charge in [-0.15, -0.1) is 0 Å². The number of nitrogens with zero attached hydrogens (tertiary/aromatic N) is 1. The van der Waals surface area contributed by atoms with Crippen LogP contribution in [-0.2, 0) is 22.4 Å². The molecule has 3 rings (SSSR count). The van der Waals surface area contributed by atoms with E-state index >= 15 is 0 Å². The maximum absolute atomic E-state index is 12.6. The van der Waals surface area contributed by atoms with Crippen LogP contribution in [0, 0.1) is 5.92 Å². The number of ketones is 1. The van der Waals surface area contributed by atoms with Crippen molar-refractivity contribution >= 4 is 11.7 Å². The van der Waals surface area contributed by atoms with Crippen molar-refractivity contribution in [3.8, 4) is 5.75 Å². The van der Waals surface area contributed by atoms with Crippen LogP contribution in [0.3, 0.4) is 0 Å². The maximum atomic E-state index is 12.6. The van der Waals surface area contributed by atoms with E-state index in [0.717, 1.165) is 30.5 Å². The average Bonchev–Trinajstić information content (AvgIpc) is 2.68. The zero-order valence-corrected chi connectivity index (χ0v) is 14.9. The third kappa shape index (κ3) is 4.94. The smallest absolute Gasteiger partial charge is 0.222 e. The number of benzene rings is 2. The molecule has 1 N–H and O–H groups in total. The minimum absolute atomic E-state index is 0.0541. The number of phenolic OH excluding ortho intramolecular Hbond substituents is 1. The molecule has 0 aliphatic carbocycles. The monoisotopic (exact) mass is 351 g/mol. The van der Waals surface area contributed by atoms with Crippen molar-refractivity contribution in [3.63, 3.8) is 0 Å². The minimum atomic E-state index is -0.0541. The third-order valence-corrected chi connectivity index (χ3v) is 5.01. The predicted octanol–water partition coefficient (Wildman–Crippen LogP) is 3.38. The van der Waals surface area contributed by atoms with E-state index in [1.165, 1.54) is 0 Å². The summed E-state index contributed by atoms with van der Waals surface area (Å²) in [4.78, 5) is 27.0. The first-order valence-corrected chi connectivity index (χ1v) is 9.24. The number of amides is 1. The number of carbonyl (C=O) groups is 2. The van der Waals surface area contributed by atoms with Gasteiger partial charge in [-0.3, -0.25) is 9.59 Å². The van der Waals surface area contributed by atoms with Gasteiger partial charge in [0, 0.05) is 31.8 Å². The average molecular weight is 351 g/mol. The fraction of sp³-hybridized carbons (Fsp3) is 0.364. The van der Waals surface area contributed by atoms with Gasteiger partial charge in [0.15, 0.2) is 0 Å². The number of hydrogen-bond acceptors (Lipinski definition) is 3. The van der Waals surface area contributed by atoms with E-state index in [0.29, 0.717) is 25.8 Å². The van der Waals surface area contributed by atoms with Crippen LogP contribution in [0.4, 0.5) is 0 Å². The van der Waals surface area contributed by atoms with Crippen molar-refractivity contribution in [3.05, 3.63) is 65.7 Å². The number of likely N-dealkylation sites (tertiary alicyclic amines) is 1. The molecule has 0 aromatic heterocycles. The number of piperidine rings is 1. The lowest BCUT2D eigenvalue weighted by Crippen LogP contribution is -2.42. The Morgan fingerprint density at radius 3 is 2.46 bits per heavy atom. The Hall–Kier alpha value is -2.62. The molecule has 2 aromatic carbocycles. The molecule has 0 radical (unpaired) electrons. The second-order valence-electron chi connectivity index (χ2n) is 6.97. The van der Waals surface area contributed by atoms with Crippen LogP contribution in [0.2, 0.25) is 0 Å². The standard InChI is InChI=1S/C22H25NO3/c24-20-11-8-17(9-12-20)10-13-22(26)23-14-4-7-19(16-23)21(25)15-18-5-2-1-3-6-18/h1-3,5-6,8-9,11-12,19,24H,4,7,10,13-16H2/t19-/m0/s1.